The van der Waals surface area contributed by atoms with E-state index in [2.05, 4.69) is 5.32 Å². The molecule has 3 N–H and O–H groups in total. The van der Waals surface area contributed by atoms with Crippen LogP contribution in [0.15, 0.2) is 24.3 Å². The zero-order valence-corrected chi connectivity index (χ0v) is 15.5. The molecule has 7 heteroatoms. The highest BCUT2D eigenvalue weighted by Crippen LogP contribution is 2.38. The Morgan fingerprint density at radius 2 is 2.08 bits per heavy atom. The third-order valence-electron chi connectivity index (χ3n) is 4.53. The molecule has 1 aromatic carbocycles. The molecule has 1 aliphatic rings. The van der Waals surface area contributed by atoms with Gasteiger partial charge in [-0.25, -0.2) is 0 Å². The summed E-state index contributed by atoms with van der Waals surface area (Å²) in [5.41, 5.74) is 6.46. The maximum Gasteiger partial charge on any atom is 0.222 e. The highest BCUT2D eigenvalue weighted by Gasteiger charge is 2.36. The summed E-state index contributed by atoms with van der Waals surface area (Å²) >= 11 is 6.40. The van der Waals surface area contributed by atoms with Crippen LogP contribution in [0.5, 0.6) is 0 Å². The van der Waals surface area contributed by atoms with E-state index >= 15 is 0 Å². The van der Waals surface area contributed by atoms with E-state index in [1.807, 2.05) is 24.3 Å². The van der Waals surface area contributed by atoms with Gasteiger partial charge in [-0.05, 0) is 24.5 Å². The molecule has 1 atom stereocenters. The molecule has 0 saturated carbocycles. The van der Waals surface area contributed by atoms with Gasteiger partial charge in [0.05, 0.1) is 12.5 Å². The fraction of sp³-hybridized carbons (Fsp3) is 0.588. The molecule has 24 heavy (non-hydrogen) atoms. The topological polar surface area (TPSA) is 73.6 Å². The average Bonchev–Trinajstić information content (AvgIpc) is 2.59. The van der Waals surface area contributed by atoms with Crippen molar-refractivity contribution >= 4 is 29.9 Å². The molecule has 136 valence electrons. The Labute approximate surface area is 154 Å². The molecule has 2 rings (SSSR count). The van der Waals surface area contributed by atoms with Crippen molar-refractivity contribution in [3.8, 4) is 0 Å². The number of carbonyl (C=O) groups excluding carboxylic acids is 1. The van der Waals surface area contributed by atoms with Gasteiger partial charge in [0.2, 0.25) is 5.91 Å². The van der Waals surface area contributed by atoms with Gasteiger partial charge in [-0.1, -0.05) is 29.8 Å². The molecule has 1 saturated heterocycles. The van der Waals surface area contributed by atoms with Crippen LogP contribution in [0.3, 0.4) is 0 Å². The van der Waals surface area contributed by atoms with E-state index in [0.29, 0.717) is 26.3 Å². The predicted octanol–water partition coefficient (Wildman–Crippen LogP) is 2.29. The van der Waals surface area contributed by atoms with Crippen LogP contribution in [-0.2, 0) is 19.7 Å². The number of amides is 1. The first kappa shape index (κ1) is 21.2. The first-order chi connectivity index (χ1) is 11.1. The SMILES string of the molecule is COC(CN)CC(=O)NCC1(c2ccccc2Cl)CCOCC1.Cl. The highest BCUT2D eigenvalue weighted by atomic mass is 35.5. The van der Waals surface area contributed by atoms with Gasteiger partial charge in [-0.3, -0.25) is 4.79 Å². The summed E-state index contributed by atoms with van der Waals surface area (Å²) in [5, 5.41) is 3.77. The Kier molecular flexibility index (Phi) is 9.02. The minimum atomic E-state index is -0.249. The van der Waals surface area contributed by atoms with Crippen molar-refractivity contribution in [2.45, 2.75) is 30.8 Å². The van der Waals surface area contributed by atoms with Gasteiger partial charge in [-0.15, -0.1) is 12.4 Å². The van der Waals surface area contributed by atoms with E-state index in [4.69, 9.17) is 26.8 Å². The lowest BCUT2D eigenvalue weighted by Crippen LogP contribution is -2.45. The van der Waals surface area contributed by atoms with Crippen molar-refractivity contribution < 1.29 is 14.3 Å². The van der Waals surface area contributed by atoms with Crippen molar-refractivity contribution in [3.63, 3.8) is 0 Å². The second-order valence-electron chi connectivity index (χ2n) is 5.95. The molecule has 0 radical (unpaired) electrons. The van der Waals surface area contributed by atoms with Crippen LogP contribution in [0.25, 0.3) is 0 Å². The second kappa shape index (κ2) is 10.2. The monoisotopic (exact) mass is 376 g/mol. The van der Waals surface area contributed by atoms with E-state index in [1.54, 1.807) is 7.11 Å². The Balaban J connectivity index is 0.00000288. The van der Waals surface area contributed by atoms with Crippen LogP contribution in [0, 0.1) is 0 Å². The predicted molar refractivity (Wildman–Crippen MR) is 97.9 cm³/mol. The number of nitrogens with two attached hydrogens (primary N) is 1. The number of ether oxygens (including phenoxy) is 2. The largest absolute Gasteiger partial charge is 0.381 e. The van der Waals surface area contributed by atoms with Crippen LogP contribution >= 0.6 is 24.0 Å². The van der Waals surface area contributed by atoms with Gasteiger partial charge in [0.1, 0.15) is 0 Å². The first-order valence-corrected chi connectivity index (χ1v) is 8.31. The minimum Gasteiger partial charge on any atom is -0.381 e. The molecule has 5 nitrogen and oxygen atoms in total. The van der Waals surface area contributed by atoms with Gasteiger partial charge in [0, 0.05) is 43.9 Å². The zero-order valence-electron chi connectivity index (χ0n) is 13.9. The Bertz CT molecular complexity index is 518. The summed E-state index contributed by atoms with van der Waals surface area (Å²) in [5.74, 6) is -0.0554. The fourth-order valence-electron chi connectivity index (χ4n) is 3.00. The molecule has 1 fully saturated rings. The number of methoxy groups -OCH3 is 1. The minimum absolute atomic E-state index is 0. The van der Waals surface area contributed by atoms with E-state index in [-0.39, 0.29) is 36.3 Å². The molecule has 1 heterocycles. The fourth-order valence-corrected chi connectivity index (χ4v) is 3.34. The molecule has 1 unspecified atom stereocenters. The summed E-state index contributed by atoms with van der Waals surface area (Å²) in [4.78, 5) is 12.2. The lowest BCUT2D eigenvalue weighted by Gasteiger charge is -2.38. The molecular weight excluding hydrogens is 351 g/mol. The number of halogens is 2. The standard InChI is InChI=1S/C17H25ClN2O3.ClH/c1-22-13(11-19)10-16(21)20-12-17(6-8-23-9-7-17)14-4-2-3-5-15(14)18;/h2-5,13H,6-12,19H2,1H3,(H,20,21);1H. The average molecular weight is 377 g/mol. The first-order valence-electron chi connectivity index (χ1n) is 7.93. The summed E-state index contributed by atoms with van der Waals surface area (Å²) in [6, 6.07) is 7.83. The smallest absolute Gasteiger partial charge is 0.222 e. The van der Waals surface area contributed by atoms with Gasteiger partial charge >= 0.3 is 0 Å². The zero-order chi connectivity index (χ0) is 16.7. The number of carbonyl (C=O) groups is 1. The molecule has 0 aromatic heterocycles. The third kappa shape index (κ3) is 5.33. The number of hydrogen-bond donors (Lipinski definition) is 2. The van der Waals surface area contributed by atoms with Crippen molar-refractivity contribution in [3.05, 3.63) is 34.9 Å². The number of benzene rings is 1. The molecule has 1 aliphatic heterocycles. The van der Waals surface area contributed by atoms with Crippen LogP contribution < -0.4 is 11.1 Å². The second-order valence-corrected chi connectivity index (χ2v) is 6.35. The molecule has 1 aromatic rings. The normalized spacial score (nSPS) is 17.6. The maximum atomic E-state index is 12.2. The van der Waals surface area contributed by atoms with Crippen molar-refractivity contribution in [2.24, 2.45) is 5.73 Å². The molecular formula is C17H26Cl2N2O3. The van der Waals surface area contributed by atoms with Gasteiger partial charge in [0.25, 0.3) is 0 Å². The summed E-state index contributed by atoms with van der Waals surface area (Å²) < 4.78 is 10.7. The van der Waals surface area contributed by atoms with Crippen LogP contribution in [0.2, 0.25) is 5.02 Å². The van der Waals surface area contributed by atoms with E-state index in [9.17, 15) is 4.79 Å². The molecule has 0 aliphatic carbocycles. The summed E-state index contributed by atoms with van der Waals surface area (Å²) in [6.45, 7) is 2.21. The lowest BCUT2D eigenvalue weighted by molar-refractivity contribution is -0.123. The van der Waals surface area contributed by atoms with Crippen LogP contribution in [-0.4, -0.2) is 45.4 Å². The quantitative estimate of drug-likeness (QED) is 0.765. The van der Waals surface area contributed by atoms with E-state index in [1.165, 1.54) is 0 Å². The van der Waals surface area contributed by atoms with Gasteiger partial charge in [-0.2, -0.15) is 0 Å². The lowest BCUT2D eigenvalue weighted by atomic mass is 9.74. The third-order valence-corrected chi connectivity index (χ3v) is 4.86. The van der Waals surface area contributed by atoms with Crippen molar-refractivity contribution in [2.75, 3.05) is 33.4 Å². The number of nitrogens with one attached hydrogen (secondary N) is 1. The van der Waals surface area contributed by atoms with Crippen molar-refractivity contribution in [1.82, 2.24) is 5.32 Å². The Morgan fingerprint density at radius 3 is 2.67 bits per heavy atom. The molecule has 1 amide bonds. The Morgan fingerprint density at radius 1 is 1.42 bits per heavy atom. The van der Waals surface area contributed by atoms with Gasteiger partial charge < -0.3 is 20.5 Å². The summed E-state index contributed by atoms with van der Waals surface area (Å²) in [7, 11) is 1.56. The highest BCUT2D eigenvalue weighted by molar-refractivity contribution is 6.31. The van der Waals surface area contributed by atoms with E-state index < -0.39 is 0 Å². The van der Waals surface area contributed by atoms with E-state index in [0.717, 1.165) is 23.4 Å². The number of rotatable bonds is 7. The number of hydrogen-bond acceptors (Lipinski definition) is 4. The van der Waals surface area contributed by atoms with Gasteiger partial charge in [0.15, 0.2) is 0 Å². The molecule has 0 spiro atoms. The van der Waals surface area contributed by atoms with Crippen molar-refractivity contribution in [1.29, 1.82) is 0 Å². The molecule has 0 bridgehead atoms. The van der Waals surface area contributed by atoms with Crippen LogP contribution in [0.4, 0.5) is 0 Å². The summed E-state index contributed by atoms with van der Waals surface area (Å²) in [6.07, 6.45) is 1.69. The maximum absolute atomic E-state index is 12.2. The Hall–Kier alpha value is -0.850. The van der Waals surface area contributed by atoms with Crippen LogP contribution in [0.1, 0.15) is 24.8 Å².